The molecule has 0 aliphatic carbocycles. The molecule has 1 amide bonds. The number of benzene rings is 2. The lowest BCUT2D eigenvalue weighted by molar-refractivity contribution is -0.111. The molecule has 1 N–H and O–H groups in total. The van der Waals surface area contributed by atoms with E-state index in [1.807, 2.05) is 36.2 Å². The van der Waals surface area contributed by atoms with E-state index in [1.165, 1.54) is 12.1 Å². The first-order chi connectivity index (χ1) is 13.0. The highest BCUT2D eigenvalue weighted by Crippen LogP contribution is 2.34. The lowest BCUT2D eigenvalue weighted by Crippen LogP contribution is -2.14. The summed E-state index contributed by atoms with van der Waals surface area (Å²) in [5.41, 5.74) is 2.12. The number of anilines is 3. The summed E-state index contributed by atoms with van der Waals surface area (Å²) < 4.78 is 10.6. The molecule has 6 heteroatoms. The molecule has 1 aromatic heterocycles. The quantitative estimate of drug-likeness (QED) is 0.545. The Labute approximate surface area is 156 Å². The van der Waals surface area contributed by atoms with Crippen molar-refractivity contribution in [3.63, 3.8) is 0 Å². The van der Waals surface area contributed by atoms with Crippen molar-refractivity contribution in [3.05, 3.63) is 71.1 Å². The maximum atomic E-state index is 11.9. The third kappa shape index (κ3) is 3.84. The molecule has 3 rings (SSSR count). The zero-order chi connectivity index (χ0) is 19.4. The second kappa shape index (κ2) is 7.78. The summed E-state index contributed by atoms with van der Waals surface area (Å²) >= 11 is 0. The summed E-state index contributed by atoms with van der Waals surface area (Å²) in [6.45, 7) is 1.77. The fourth-order valence-corrected chi connectivity index (χ4v) is 2.84. The molecule has 6 nitrogen and oxygen atoms in total. The van der Waals surface area contributed by atoms with Crippen LogP contribution in [0.4, 0.5) is 17.1 Å². The third-order valence-electron chi connectivity index (χ3n) is 4.14. The van der Waals surface area contributed by atoms with Gasteiger partial charge in [-0.1, -0.05) is 18.2 Å². The van der Waals surface area contributed by atoms with E-state index in [1.54, 1.807) is 38.3 Å². The molecular formula is C21H20N2O4. The predicted molar refractivity (Wildman–Crippen MR) is 107 cm³/mol. The first-order valence-electron chi connectivity index (χ1n) is 8.42. The number of rotatable bonds is 5. The van der Waals surface area contributed by atoms with Crippen LogP contribution >= 0.6 is 0 Å². The minimum Gasteiger partial charge on any atom is -0.495 e. The van der Waals surface area contributed by atoms with Gasteiger partial charge >= 0.3 is 5.63 Å². The van der Waals surface area contributed by atoms with Gasteiger partial charge in [-0.05, 0) is 43.3 Å². The molecule has 0 spiro atoms. The molecule has 1 heterocycles. The number of carbonyl (C=O) groups excluding carboxylic acids is 1. The van der Waals surface area contributed by atoms with Crippen LogP contribution in [0.2, 0.25) is 0 Å². The van der Waals surface area contributed by atoms with Crippen LogP contribution in [0, 0.1) is 0 Å². The molecule has 0 bridgehead atoms. The Morgan fingerprint density at radius 2 is 1.96 bits per heavy atom. The molecule has 0 aliphatic rings. The SMILES string of the molecule is C/C=C/C(=O)Nc1cc(N(C)c2cc(=O)oc3ccccc23)ccc1OC. The van der Waals surface area contributed by atoms with Gasteiger partial charge in [0.15, 0.2) is 0 Å². The smallest absolute Gasteiger partial charge is 0.338 e. The normalized spacial score (nSPS) is 10.9. The second-order valence-corrected chi connectivity index (χ2v) is 5.88. The lowest BCUT2D eigenvalue weighted by atomic mass is 10.1. The minimum absolute atomic E-state index is 0.249. The van der Waals surface area contributed by atoms with Crippen LogP contribution in [0.3, 0.4) is 0 Å². The van der Waals surface area contributed by atoms with Crippen molar-refractivity contribution < 1.29 is 13.9 Å². The van der Waals surface area contributed by atoms with Crippen molar-refractivity contribution in [3.8, 4) is 5.75 Å². The van der Waals surface area contributed by atoms with E-state index in [0.717, 1.165) is 11.1 Å². The van der Waals surface area contributed by atoms with Gasteiger partial charge in [-0.2, -0.15) is 0 Å². The number of methoxy groups -OCH3 is 1. The largest absolute Gasteiger partial charge is 0.495 e. The zero-order valence-electron chi connectivity index (χ0n) is 15.4. The molecule has 0 unspecified atom stereocenters. The fourth-order valence-electron chi connectivity index (χ4n) is 2.84. The molecular weight excluding hydrogens is 344 g/mol. The highest BCUT2D eigenvalue weighted by molar-refractivity contribution is 6.01. The molecule has 138 valence electrons. The summed E-state index contributed by atoms with van der Waals surface area (Å²) in [6, 6.07) is 14.2. The van der Waals surface area contributed by atoms with Crippen molar-refractivity contribution in [1.82, 2.24) is 0 Å². The molecule has 2 aromatic carbocycles. The number of para-hydroxylation sites is 1. The fraction of sp³-hybridized carbons (Fsp3) is 0.143. The lowest BCUT2D eigenvalue weighted by Gasteiger charge is -2.22. The van der Waals surface area contributed by atoms with Crippen LogP contribution in [-0.2, 0) is 4.79 Å². The van der Waals surface area contributed by atoms with Gasteiger partial charge in [0.05, 0.1) is 18.5 Å². The Kier molecular flexibility index (Phi) is 5.26. The van der Waals surface area contributed by atoms with E-state index < -0.39 is 5.63 Å². The summed E-state index contributed by atoms with van der Waals surface area (Å²) in [5, 5.41) is 3.61. The summed E-state index contributed by atoms with van der Waals surface area (Å²) in [6.07, 6.45) is 3.10. The standard InChI is InChI=1S/C21H20N2O4/c1-4-7-20(24)22-16-12-14(10-11-19(16)26-3)23(2)17-13-21(25)27-18-9-6-5-8-15(17)18/h4-13H,1-3H3,(H,22,24)/b7-4+. The molecule has 0 atom stereocenters. The van der Waals surface area contributed by atoms with Gasteiger partial charge in [-0.15, -0.1) is 0 Å². The van der Waals surface area contributed by atoms with E-state index in [4.69, 9.17) is 9.15 Å². The Bertz CT molecular complexity index is 1070. The Morgan fingerprint density at radius 1 is 1.19 bits per heavy atom. The number of carbonyl (C=O) groups is 1. The van der Waals surface area contributed by atoms with Crippen molar-refractivity contribution in [1.29, 1.82) is 0 Å². The van der Waals surface area contributed by atoms with E-state index in [9.17, 15) is 9.59 Å². The van der Waals surface area contributed by atoms with Gasteiger partial charge in [-0.3, -0.25) is 4.79 Å². The summed E-state index contributed by atoms with van der Waals surface area (Å²) in [7, 11) is 3.39. The van der Waals surface area contributed by atoms with Crippen LogP contribution in [0.1, 0.15) is 6.92 Å². The van der Waals surface area contributed by atoms with Gasteiger partial charge < -0.3 is 19.4 Å². The van der Waals surface area contributed by atoms with Crippen molar-refractivity contribution >= 4 is 33.9 Å². The molecule has 27 heavy (non-hydrogen) atoms. The van der Waals surface area contributed by atoms with Crippen molar-refractivity contribution in [2.75, 3.05) is 24.4 Å². The third-order valence-corrected chi connectivity index (χ3v) is 4.14. The Balaban J connectivity index is 2.06. The number of hydrogen-bond acceptors (Lipinski definition) is 5. The van der Waals surface area contributed by atoms with Gasteiger partial charge in [0.2, 0.25) is 5.91 Å². The van der Waals surface area contributed by atoms with Crippen molar-refractivity contribution in [2.24, 2.45) is 0 Å². The van der Waals surface area contributed by atoms with Crippen LogP contribution in [0.25, 0.3) is 11.0 Å². The van der Waals surface area contributed by atoms with Gasteiger partial charge in [0.1, 0.15) is 11.3 Å². The number of nitrogens with one attached hydrogen (secondary N) is 1. The molecule has 0 saturated carbocycles. The number of ether oxygens (including phenoxy) is 1. The minimum atomic E-state index is -0.425. The van der Waals surface area contributed by atoms with E-state index in [2.05, 4.69) is 5.32 Å². The van der Waals surface area contributed by atoms with Gasteiger partial charge in [-0.25, -0.2) is 4.79 Å². The van der Waals surface area contributed by atoms with E-state index in [-0.39, 0.29) is 5.91 Å². The predicted octanol–water partition coefficient (Wildman–Crippen LogP) is 4.08. The maximum Gasteiger partial charge on any atom is 0.338 e. The summed E-state index contributed by atoms with van der Waals surface area (Å²) in [5.74, 6) is 0.295. The molecule has 0 aliphatic heterocycles. The van der Waals surface area contributed by atoms with Crippen molar-refractivity contribution in [2.45, 2.75) is 6.92 Å². The van der Waals surface area contributed by atoms with Gasteiger partial charge in [0.25, 0.3) is 0 Å². The topological polar surface area (TPSA) is 71.8 Å². The molecule has 3 aromatic rings. The average Bonchev–Trinajstić information content (AvgIpc) is 2.66. The zero-order valence-corrected chi connectivity index (χ0v) is 15.4. The van der Waals surface area contributed by atoms with Gasteiger partial charge in [0, 0.05) is 24.2 Å². The first kappa shape index (κ1) is 18.3. The van der Waals surface area contributed by atoms with Crippen LogP contribution < -0.4 is 20.6 Å². The number of amides is 1. The van der Waals surface area contributed by atoms with Crippen LogP contribution in [0.15, 0.2) is 69.9 Å². The van der Waals surface area contributed by atoms with E-state index >= 15 is 0 Å². The summed E-state index contributed by atoms with van der Waals surface area (Å²) in [4.78, 5) is 25.7. The molecule has 0 saturated heterocycles. The van der Waals surface area contributed by atoms with E-state index in [0.29, 0.717) is 22.7 Å². The number of allylic oxidation sites excluding steroid dienone is 1. The number of hydrogen-bond donors (Lipinski definition) is 1. The second-order valence-electron chi connectivity index (χ2n) is 5.88. The molecule has 0 fully saturated rings. The Hall–Kier alpha value is -3.54. The highest BCUT2D eigenvalue weighted by Gasteiger charge is 2.14. The monoisotopic (exact) mass is 364 g/mol. The Morgan fingerprint density at radius 3 is 2.70 bits per heavy atom. The first-order valence-corrected chi connectivity index (χ1v) is 8.42. The average molecular weight is 364 g/mol. The molecule has 0 radical (unpaired) electrons. The number of nitrogens with zero attached hydrogens (tertiary/aromatic N) is 1. The highest BCUT2D eigenvalue weighted by atomic mass is 16.5. The van der Waals surface area contributed by atoms with Crippen LogP contribution in [0.5, 0.6) is 5.75 Å². The maximum absolute atomic E-state index is 11.9. The number of fused-ring (bicyclic) bond motifs is 1. The van der Waals surface area contributed by atoms with Crippen LogP contribution in [-0.4, -0.2) is 20.1 Å².